The molecule has 0 saturated carbocycles. The Kier molecular flexibility index (Phi) is 3.05. The first kappa shape index (κ1) is 11.1. The van der Waals surface area contributed by atoms with Gasteiger partial charge in [0.15, 0.2) is 5.76 Å². The van der Waals surface area contributed by atoms with E-state index in [1.54, 1.807) is 24.3 Å². The van der Waals surface area contributed by atoms with Gasteiger partial charge in [0.2, 0.25) is 5.78 Å². The number of hydrogen-bond donors (Lipinski definition) is 1. The molecule has 0 atom stereocenters. The smallest absolute Gasteiger partial charge is 0.298 e. The SMILES string of the molecule is O=COc1cccc(C2=CCC(=O)C(O)=C2)c1. The summed E-state index contributed by atoms with van der Waals surface area (Å²) in [6.07, 6.45) is 3.31. The van der Waals surface area contributed by atoms with Gasteiger partial charge in [-0.2, -0.15) is 0 Å². The van der Waals surface area contributed by atoms with Gasteiger partial charge >= 0.3 is 0 Å². The largest absolute Gasteiger partial charge is 0.504 e. The van der Waals surface area contributed by atoms with E-state index in [2.05, 4.69) is 0 Å². The van der Waals surface area contributed by atoms with E-state index >= 15 is 0 Å². The van der Waals surface area contributed by atoms with E-state index in [1.807, 2.05) is 6.07 Å². The van der Waals surface area contributed by atoms with Crippen LogP contribution in [0.2, 0.25) is 0 Å². The molecule has 17 heavy (non-hydrogen) atoms. The van der Waals surface area contributed by atoms with E-state index in [0.29, 0.717) is 12.2 Å². The summed E-state index contributed by atoms with van der Waals surface area (Å²) >= 11 is 0. The van der Waals surface area contributed by atoms with Gasteiger partial charge in [0.1, 0.15) is 5.75 Å². The van der Waals surface area contributed by atoms with E-state index in [4.69, 9.17) is 4.74 Å². The maximum absolute atomic E-state index is 11.1. The van der Waals surface area contributed by atoms with Crippen molar-refractivity contribution in [2.75, 3.05) is 0 Å². The average molecular weight is 230 g/mol. The second kappa shape index (κ2) is 4.65. The number of allylic oxidation sites excluding steroid dienone is 4. The predicted octanol–water partition coefficient (Wildman–Crippen LogP) is 2.02. The van der Waals surface area contributed by atoms with E-state index in [1.165, 1.54) is 6.08 Å². The van der Waals surface area contributed by atoms with Gasteiger partial charge in [-0.1, -0.05) is 18.2 Å². The molecule has 0 bridgehead atoms. The maximum Gasteiger partial charge on any atom is 0.298 e. The van der Waals surface area contributed by atoms with Crippen LogP contribution in [-0.2, 0) is 9.59 Å². The summed E-state index contributed by atoms with van der Waals surface area (Å²) in [6, 6.07) is 6.86. The molecule has 0 amide bonds. The molecule has 86 valence electrons. The zero-order valence-corrected chi connectivity index (χ0v) is 8.92. The lowest BCUT2D eigenvalue weighted by Crippen LogP contribution is -2.05. The molecular weight excluding hydrogens is 220 g/mol. The highest BCUT2D eigenvalue weighted by atomic mass is 16.5. The van der Waals surface area contributed by atoms with Crippen LogP contribution in [0.5, 0.6) is 5.75 Å². The van der Waals surface area contributed by atoms with Crippen LogP contribution in [0.25, 0.3) is 5.57 Å². The second-order valence-corrected chi connectivity index (χ2v) is 3.56. The number of aliphatic hydroxyl groups is 1. The minimum absolute atomic E-state index is 0.177. The van der Waals surface area contributed by atoms with Crippen LogP contribution < -0.4 is 4.74 Å². The molecule has 1 aliphatic carbocycles. The normalized spacial score (nSPS) is 14.9. The summed E-state index contributed by atoms with van der Waals surface area (Å²) in [7, 11) is 0. The first-order chi connectivity index (χ1) is 8.20. The maximum atomic E-state index is 11.1. The third-order valence-electron chi connectivity index (χ3n) is 2.44. The number of Topliss-reactive ketones (excluding diaryl/α,β-unsaturated/α-hetero) is 1. The summed E-state index contributed by atoms with van der Waals surface area (Å²) in [5.41, 5.74) is 1.52. The van der Waals surface area contributed by atoms with E-state index in [0.717, 1.165) is 11.1 Å². The summed E-state index contributed by atoms with van der Waals surface area (Å²) in [6.45, 7) is 0.352. The Bertz CT molecular complexity index is 526. The Morgan fingerprint density at radius 1 is 1.35 bits per heavy atom. The highest BCUT2D eigenvalue weighted by Gasteiger charge is 2.13. The molecule has 0 aromatic heterocycles. The zero-order valence-electron chi connectivity index (χ0n) is 8.92. The molecule has 0 unspecified atom stereocenters. The Morgan fingerprint density at radius 3 is 2.88 bits per heavy atom. The highest BCUT2D eigenvalue weighted by Crippen LogP contribution is 2.25. The van der Waals surface area contributed by atoms with Gasteiger partial charge in [0, 0.05) is 6.42 Å². The first-order valence-electron chi connectivity index (χ1n) is 5.05. The molecule has 1 N–H and O–H groups in total. The van der Waals surface area contributed by atoms with Crippen LogP contribution in [0.1, 0.15) is 12.0 Å². The zero-order chi connectivity index (χ0) is 12.3. The Hall–Kier alpha value is -2.36. The first-order valence-corrected chi connectivity index (χ1v) is 5.05. The summed E-state index contributed by atoms with van der Waals surface area (Å²) in [5.74, 6) is -0.124. The molecule has 0 aliphatic heterocycles. The van der Waals surface area contributed by atoms with Crippen molar-refractivity contribution in [3.8, 4) is 5.75 Å². The molecule has 0 fully saturated rings. The lowest BCUT2D eigenvalue weighted by molar-refractivity contribution is -0.120. The number of ketones is 1. The van der Waals surface area contributed by atoms with Crippen LogP contribution in [0.15, 0.2) is 42.2 Å². The average Bonchev–Trinajstić information content (AvgIpc) is 2.33. The number of hydrogen-bond acceptors (Lipinski definition) is 4. The van der Waals surface area contributed by atoms with Crippen LogP contribution in [0, 0.1) is 0 Å². The van der Waals surface area contributed by atoms with Crippen molar-refractivity contribution in [2.24, 2.45) is 0 Å². The van der Waals surface area contributed by atoms with Crippen LogP contribution in [-0.4, -0.2) is 17.4 Å². The minimum Gasteiger partial charge on any atom is -0.504 e. The van der Waals surface area contributed by atoms with Crippen molar-refractivity contribution in [1.82, 2.24) is 0 Å². The van der Waals surface area contributed by atoms with Crippen LogP contribution in [0.4, 0.5) is 0 Å². The fourth-order valence-corrected chi connectivity index (χ4v) is 1.60. The number of rotatable bonds is 3. The molecule has 0 radical (unpaired) electrons. The molecular formula is C13H10O4. The standard InChI is InChI=1S/C13H10O4/c14-8-17-11-3-1-2-9(6-11)10-4-5-12(15)13(16)7-10/h1-4,6-8,16H,5H2. The van der Waals surface area contributed by atoms with Crippen molar-refractivity contribution >= 4 is 17.8 Å². The molecule has 0 saturated heterocycles. The third-order valence-corrected chi connectivity index (χ3v) is 2.44. The monoisotopic (exact) mass is 230 g/mol. The number of ether oxygens (including phenoxy) is 1. The highest BCUT2D eigenvalue weighted by molar-refractivity contribution is 6.00. The summed E-state index contributed by atoms with van der Waals surface area (Å²) < 4.78 is 4.73. The lowest BCUT2D eigenvalue weighted by Gasteiger charge is -2.09. The Balaban J connectivity index is 2.32. The van der Waals surface area contributed by atoms with E-state index < -0.39 is 0 Å². The van der Waals surface area contributed by atoms with Crippen LogP contribution >= 0.6 is 0 Å². The number of benzene rings is 1. The molecule has 4 heteroatoms. The molecule has 2 rings (SSSR count). The number of carbonyl (C=O) groups excluding carboxylic acids is 2. The number of carbonyl (C=O) groups is 2. The molecule has 1 aromatic rings. The van der Waals surface area contributed by atoms with Crippen molar-refractivity contribution < 1.29 is 19.4 Å². The summed E-state index contributed by atoms with van der Waals surface area (Å²) in [4.78, 5) is 21.3. The molecule has 4 nitrogen and oxygen atoms in total. The summed E-state index contributed by atoms with van der Waals surface area (Å²) in [5, 5.41) is 9.37. The van der Waals surface area contributed by atoms with Crippen molar-refractivity contribution in [2.45, 2.75) is 6.42 Å². The van der Waals surface area contributed by atoms with E-state index in [-0.39, 0.29) is 18.0 Å². The molecule has 1 aromatic carbocycles. The fourth-order valence-electron chi connectivity index (χ4n) is 1.60. The van der Waals surface area contributed by atoms with Gasteiger partial charge in [0.25, 0.3) is 6.47 Å². The van der Waals surface area contributed by atoms with Gasteiger partial charge in [-0.25, -0.2) is 0 Å². The molecule has 1 aliphatic rings. The Morgan fingerprint density at radius 2 is 2.18 bits per heavy atom. The molecule has 0 spiro atoms. The second-order valence-electron chi connectivity index (χ2n) is 3.56. The quantitative estimate of drug-likeness (QED) is 0.807. The van der Waals surface area contributed by atoms with E-state index in [9.17, 15) is 14.7 Å². The van der Waals surface area contributed by atoms with Crippen molar-refractivity contribution in [3.05, 3.63) is 47.7 Å². The topological polar surface area (TPSA) is 63.6 Å². The lowest BCUT2D eigenvalue weighted by atomic mass is 9.98. The van der Waals surface area contributed by atoms with Gasteiger partial charge in [-0.15, -0.1) is 0 Å². The predicted molar refractivity (Wildman–Crippen MR) is 61.4 cm³/mol. The fraction of sp³-hybridized carbons (Fsp3) is 0.0769. The molecule has 0 heterocycles. The van der Waals surface area contributed by atoms with Crippen molar-refractivity contribution in [3.63, 3.8) is 0 Å². The van der Waals surface area contributed by atoms with Crippen LogP contribution in [0.3, 0.4) is 0 Å². The number of aliphatic hydroxyl groups excluding tert-OH is 1. The van der Waals surface area contributed by atoms with Gasteiger partial charge in [-0.05, 0) is 29.3 Å². The van der Waals surface area contributed by atoms with Gasteiger partial charge < -0.3 is 9.84 Å². The van der Waals surface area contributed by atoms with Gasteiger partial charge in [0.05, 0.1) is 0 Å². The minimum atomic E-state index is -0.297. The van der Waals surface area contributed by atoms with Crippen molar-refractivity contribution in [1.29, 1.82) is 0 Å². The Labute approximate surface area is 97.8 Å². The van der Waals surface area contributed by atoms with Gasteiger partial charge in [-0.3, -0.25) is 9.59 Å². The third kappa shape index (κ3) is 2.42.